The molecule has 2 N–H and O–H groups in total. The van der Waals surface area contributed by atoms with E-state index in [0.717, 1.165) is 19.4 Å². The van der Waals surface area contributed by atoms with Crippen LogP contribution in [-0.4, -0.2) is 49.4 Å². The molecule has 0 saturated carbocycles. The average molecular weight is 378 g/mol. The SMILES string of the molecule is CC(C)NC(=O)NC(=O)[C@@H](C)OC(=O)c1ccc(OC[C@@H]2CCCO2)cc1. The Morgan fingerprint density at radius 2 is 1.89 bits per heavy atom. The zero-order valence-electron chi connectivity index (χ0n) is 15.8. The maximum absolute atomic E-state index is 12.1. The van der Waals surface area contributed by atoms with Gasteiger partial charge in [-0.05, 0) is 57.9 Å². The Morgan fingerprint density at radius 1 is 1.19 bits per heavy atom. The molecule has 27 heavy (non-hydrogen) atoms. The minimum atomic E-state index is -1.11. The summed E-state index contributed by atoms with van der Waals surface area (Å²) in [6, 6.07) is 5.69. The van der Waals surface area contributed by atoms with Gasteiger partial charge in [0.05, 0.1) is 11.7 Å². The molecule has 0 spiro atoms. The first-order chi connectivity index (χ1) is 12.8. The molecule has 0 radical (unpaired) electrons. The minimum Gasteiger partial charge on any atom is -0.491 e. The van der Waals surface area contributed by atoms with Crippen LogP contribution in [0.15, 0.2) is 24.3 Å². The molecule has 2 rings (SSSR count). The zero-order valence-corrected chi connectivity index (χ0v) is 15.8. The number of benzene rings is 1. The summed E-state index contributed by atoms with van der Waals surface area (Å²) in [5, 5.41) is 4.64. The minimum absolute atomic E-state index is 0.113. The second-order valence-corrected chi connectivity index (χ2v) is 6.64. The van der Waals surface area contributed by atoms with Crippen LogP contribution in [0.4, 0.5) is 4.79 Å². The van der Waals surface area contributed by atoms with Gasteiger partial charge in [-0.25, -0.2) is 9.59 Å². The van der Waals surface area contributed by atoms with Crippen molar-refractivity contribution in [3.8, 4) is 5.75 Å². The molecule has 148 valence electrons. The van der Waals surface area contributed by atoms with Crippen molar-refractivity contribution in [3.05, 3.63) is 29.8 Å². The molecule has 8 heteroatoms. The lowest BCUT2D eigenvalue weighted by molar-refractivity contribution is -0.127. The Kier molecular flexibility index (Phi) is 7.60. The van der Waals surface area contributed by atoms with Gasteiger partial charge in [-0.1, -0.05) is 0 Å². The van der Waals surface area contributed by atoms with Crippen molar-refractivity contribution in [2.45, 2.75) is 51.9 Å². The van der Waals surface area contributed by atoms with Crippen molar-refractivity contribution in [1.29, 1.82) is 0 Å². The molecule has 8 nitrogen and oxygen atoms in total. The number of rotatable bonds is 7. The van der Waals surface area contributed by atoms with Crippen molar-refractivity contribution in [2.75, 3.05) is 13.2 Å². The summed E-state index contributed by atoms with van der Waals surface area (Å²) in [5.41, 5.74) is 0.283. The normalized spacial score (nSPS) is 17.3. The number of carbonyl (C=O) groups is 3. The highest BCUT2D eigenvalue weighted by atomic mass is 16.5. The van der Waals surface area contributed by atoms with Crippen LogP contribution in [0, 0.1) is 0 Å². The highest BCUT2D eigenvalue weighted by Crippen LogP contribution is 2.17. The van der Waals surface area contributed by atoms with Crippen LogP contribution in [-0.2, 0) is 14.3 Å². The number of hydrogen-bond acceptors (Lipinski definition) is 6. The predicted molar refractivity (Wildman–Crippen MR) is 97.6 cm³/mol. The molecule has 1 aliphatic rings. The Labute approximate surface area is 158 Å². The summed E-state index contributed by atoms with van der Waals surface area (Å²) in [7, 11) is 0. The second-order valence-electron chi connectivity index (χ2n) is 6.64. The van der Waals surface area contributed by atoms with Crippen LogP contribution in [0.3, 0.4) is 0 Å². The summed E-state index contributed by atoms with van der Waals surface area (Å²) in [6.45, 7) is 6.17. The Morgan fingerprint density at radius 3 is 2.48 bits per heavy atom. The largest absolute Gasteiger partial charge is 0.491 e. The highest BCUT2D eigenvalue weighted by molar-refractivity contribution is 5.98. The number of hydrogen-bond donors (Lipinski definition) is 2. The van der Waals surface area contributed by atoms with E-state index in [2.05, 4.69) is 10.6 Å². The third-order valence-electron chi connectivity index (χ3n) is 3.86. The molecule has 0 aromatic heterocycles. The lowest BCUT2D eigenvalue weighted by Gasteiger charge is -2.15. The van der Waals surface area contributed by atoms with Crippen molar-refractivity contribution in [2.24, 2.45) is 0 Å². The standard InChI is InChI=1S/C19H26N2O6/c1-12(2)20-19(24)21-17(22)13(3)27-18(23)14-6-8-15(9-7-14)26-11-16-5-4-10-25-16/h6-9,12-13,16H,4-5,10-11H2,1-3H3,(H2,20,21,22,24)/t13-,16+/m1/s1. The topological polar surface area (TPSA) is 103 Å². The molecule has 1 aromatic rings. The average Bonchev–Trinajstić information content (AvgIpc) is 3.13. The fourth-order valence-electron chi connectivity index (χ4n) is 2.45. The molecule has 1 aromatic carbocycles. The Bertz CT molecular complexity index is 653. The smallest absolute Gasteiger partial charge is 0.338 e. The monoisotopic (exact) mass is 378 g/mol. The van der Waals surface area contributed by atoms with Gasteiger partial charge in [0.1, 0.15) is 12.4 Å². The van der Waals surface area contributed by atoms with Crippen LogP contribution in [0.2, 0.25) is 0 Å². The number of imide groups is 1. The van der Waals surface area contributed by atoms with E-state index in [0.29, 0.717) is 12.4 Å². The van der Waals surface area contributed by atoms with Crippen molar-refractivity contribution in [1.82, 2.24) is 10.6 Å². The molecule has 2 atom stereocenters. The summed E-state index contributed by atoms with van der Waals surface area (Å²) < 4.78 is 16.2. The van der Waals surface area contributed by atoms with E-state index in [1.54, 1.807) is 38.1 Å². The Hall–Kier alpha value is -2.61. The summed E-state index contributed by atoms with van der Waals surface area (Å²) in [5.74, 6) is -0.733. The van der Waals surface area contributed by atoms with Gasteiger partial charge in [0.25, 0.3) is 5.91 Å². The first-order valence-electron chi connectivity index (χ1n) is 9.02. The molecular weight excluding hydrogens is 352 g/mol. The van der Waals surface area contributed by atoms with Crippen LogP contribution in [0.25, 0.3) is 0 Å². The summed E-state index contributed by atoms with van der Waals surface area (Å²) in [4.78, 5) is 35.5. The number of carbonyl (C=O) groups excluding carboxylic acids is 3. The predicted octanol–water partition coefficient (Wildman–Crippen LogP) is 2.02. The van der Waals surface area contributed by atoms with E-state index < -0.39 is 24.0 Å². The molecule has 0 unspecified atom stereocenters. The molecule has 0 aliphatic carbocycles. The molecule has 1 heterocycles. The van der Waals surface area contributed by atoms with Gasteiger partial charge < -0.3 is 19.5 Å². The summed E-state index contributed by atoms with van der Waals surface area (Å²) in [6.07, 6.45) is 1.04. The molecule has 0 bridgehead atoms. The van der Waals surface area contributed by atoms with E-state index in [1.807, 2.05) is 0 Å². The third kappa shape index (κ3) is 6.90. The first-order valence-corrected chi connectivity index (χ1v) is 9.02. The number of esters is 1. The number of ether oxygens (including phenoxy) is 3. The van der Waals surface area contributed by atoms with Crippen LogP contribution >= 0.6 is 0 Å². The molecule has 1 fully saturated rings. The van der Waals surface area contributed by atoms with Gasteiger partial charge in [0.15, 0.2) is 6.10 Å². The molecular formula is C19H26N2O6. The third-order valence-corrected chi connectivity index (χ3v) is 3.86. The van der Waals surface area contributed by atoms with E-state index in [4.69, 9.17) is 14.2 Å². The lowest BCUT2D eigenvalue weighted by Crippen LogP contribution is -2.46. The fourth-order valence-corrected chi connectivity index (χ4v) is 2.45. The van der Waals surface area contributed by atoms with E-state index >= 15 is 0 Å². The van der Waals surface area contributed by atoms with Gasteiger partial charge >= 0.3 is 12.0 Å². The number of nitrogens with one attached hydrogen (secondary N) is 2. The van der Waals surface area contributed by atoms with Gasteiger partial charge in [-0.2, -0.15) is 0 Å². The van der Waals surface area contributed by atoms with E-state index in [9.17, 15) is 14.4 Å². The zero-order chi connectivity index (χ0) is 19.8. The van der Waals surface area contributed by atoms with Crippen molar-refractivity contribution < 1.29 is 28.6 Å². The van der Waals surface area contributed by atoms with Crippen LogP contribution in [0.1, 0.15) is 44.0 Å². The van der Waals surface area contributed by atoms with Gasteiger partial charge in [-0.3, -0.25) is 10.1 Å². The van der Waals surface area contributed by atoms with E-state index in [1.165, 1.54) is 6.92 Å². The van der Waals surface area contributed by atoms with Crippen LogP contribution < -0.4 is 15.4 Å². The Balaban J connectivity index is 1.80. The molecule has 1 saturated heterocycles. The van der Waals surface area contributed by atoms with Gasteiger partial charge in [0, 0.05) is 12.6 Å². The maximum Gasteiger partial charge on any atom is 0.338 e. The van der Waals surface area contributed by atoms with Crippen molar-refractivity contribution >= 4 is 17.9 Å². The highest BCUT2D eigenvalue weighted by Gasteiger charge is 2.21. The van der Waals surface area contributed by atoms with Crippen molar-refractivity contribution in [3.63, 3.8) is 0 Å². The van der Waals surface area contributed by atoms with Crippen LogP contribution in [0.5, 0.6) is 5.75 Å². The maximum atomic E-state index is 12.1. The number of urea groups is 1. The fraction of sp³-hybridized carbons (Fsp3) is 0.526. The molecule has 1 aliphatic heterocycles. The number of amides is 3. The quantitative estimate of drug-likeness (QED) is 0.704. The van der Waals surface area contributed by atoms with Gasteiger partial charge in [-0.15, -0.1) is 0 Å². The molecule has 3 amide bonds. The first kappa shape index (κ1) is 20.7. The van der Waals surface area contributed by atoms with E-state index in [-0.39, 0.29) is 17.7 Å². The van der Waals surface area contributed by atoms with Gasteiger partial charge in [0.2, 0.25) is 0 Å². The lowest BCUT2D eigenvalue weighted by atomic mass is 10.2. The second kappa shape index (κ2) is 9.91. The summed E-state index contributed by atoms with van der Waals surface area (Å²) >= 11 is 0.